The molecule has 1 aromatic heterocycles. The maximum Gasteiger partial charge on any atom is 0.168 e. The number of rotatable bonds is 7. The van der Waals surface area contributed by atoms with Crippen molar-refractivity contribution in [2.24, 2.45) is 0 Å². The molecular formula is C12H19F2N3O. The second-order valence-electron chi connectivity index (χ2n) is 4.24. The van der Waals surface area contributed by atoms with E-state index < -0.39 is 11.6 Å². The molecule has 0 saturated heterocycles. The summed E-state index contributed by atoms with van der Waals surface area (Å²) in [5.41, 5.74) is 5.26. The summed E-state index contributed by atoms with van der Waals surface area (Å²) < 4.78 is 31.5. The normalized spacial score (nSPS) is 10.9. The Kier molecular flexibility index (Phi) is 5.77. The van der Waals surface area contributed by atoms with E-state index in [0.29, 0.717) is 13.2 Å². The van der Waals surface area contributed by atoms with Crippen LogP contribution in [0.2, 0.25) is 0 Å². The third-order valence-electron chi connectivity index (χ3n) is 2.27. The van der Waals surface area contributed by atoms with Crippen LogP contribution in [-0.4, -0.2) is 24.2 Å². The Morgan fingerprint density at radius 1 is 1.33 bits per heavy atom. The third-order valence-corrected chi connectivity index (χ3v) is 2.27. The second kappa shape index (κ2) is 7.10. The fourth-order valence-corrected chi connectivity index (χ4v) is 1.36. The van der Waals surface area contributed by atoms with Gasteiger partial charge in [-0.25, -0.2) is 13.8 Å². The van der Waals surface area contributed by atoms with Crippen molar-refractivity contribution in [3.8, 4) is 0 Å². The molecule has 0 atom stereocenters. The summed E-state index contributed by atoms with van der Waals surface area (Å²) >= 11 is 0. The summed E-state index contributed by atoms with van der Waals surface area (Å²) in [5, 5.41) is 2.78. The molecule has 0 bridgehead atoms. The maximum atomic E-state index is 13.3. The van der Waals surface area contributed by atoms with Gasteiger partial charge in [-0.15, -0.1) is 0 Å². The summed E-state index contributed by atoms with van der Waals surface area (Å²) in [4.78, 5) is 3.60. The number of nitrogen functional groups attached to an aromatic ring is 1. The Hall–Kier alpha value is -1.43. The molecular weight excluding hydrogens is 240 g/mol. The molecule has 1 rings (SSSR count). The van der Waals surface area contributed by atoms with Crippen LogP contribution in [0.4, 0.5) is 20.4 Å². The first-order valence-corrected chi connectivity index (χ1v) is 5.97. The zero-order valence-electron chi connectivity index (χ0n) is 10.7. The number of halogens is 2. The van der Waals surface area contributed by atoms with E-state index in [9.17, 15) is 8.78 Å². The zero-order valence-corrected chi connectivity index (χ0v) is 10.7. The highest BCUT2D eigenvalue weighted by Gasteiger charge is 2.08. The first-order valence-electron chi connectivity index (χ1n) is 5.97. The lowest BCUT2D eigenvalue weighted by Crippen LogP contribution is -2.10. The quantitative estimate of drug-likeness (QED) is 0.739. The topological polar surface area (TPSA) is 60.2 Å². The smallest absolute Gasteiger partial charge is 0.168 e. The highest BCUT2D eigenvalue weighted by atomic mass is 19.1. The van der Waals surface area contributed by atoms with Crippen molar-refractivity contribution in [3.63, 3.8) is 0 Å². The van der Waals surface area contributed by atoms with E-state index >= 15 is 0 Å². The zero-order chi connectivity index (χ0) is 13.5. The third kappa shape index (κ3) is 4.83. The highest BCUT2D eigenvalue weighted by molar-refractivity contribution is 5.44. The van der Waals surface area contributed by atoms with Crippen LogP contribution >= 0.6 is 0 Å². The molecule has 0 aliphatic rings. The minimum absolute atomic E-state index is 0.0151. The van der Waals surface area contributed by atoms with Gasteiger partial charge in [-0.05, 0) is 26.7 Å². The predicted octanol–water partition coefficient (Wildman–Crippen LogP) is 2.56. The Labute approximate surface area is 106 Å². The number of nitrogens with zero attached hydrogens (tertiary/aromatic N) is 1. The molecule has 18 heavy (non-hydrogen) atoms. The van der Waals surface area contributed by atoms with Gasteiger partial charge >= 0.3 is 0 Å². The summed E-state index contributed by atoms with van der Waals surface area (Å²) in [7, 11) is 0. The molecule has 3 N–H and O–H groups in total. The van der Waals surface area contributed by atoms with Gasteiger partial charge in [-0.2, -0.15) is 0 Å². The van der Waals surface area contributed by atoms with Crippen molar-refractivity contribution < 1.29 is 13.5 Å². The highest BCUT2D eigenvalue weighted by Crippen LogP contribution is 2.16. The number of hydrogen-bond acceptors (Lipinski definition) is 4. The molecule has 0 spiro atoms. The molecule has 0 aromatic carbocycles. The van der Waals surface area contributed by atoms with E-state index in [2.05, 4.69) is 10.3 Å². The molecule has 0 aliphatic heterocycles. The summed E-state index contributed by atoms with van der Waals surface area (Å²) in [6.45, 7) is 5.15. The predicted molar refractivity (Wildman–Crippen MR) is 67.4 cm³/mol. The maximum absolute atomic E-state index is 13.3. The molecule has 0 aliphatic carbocycles. The number of nitrogens with two attached hydrogens (primary N) is 1. The first kappa shape index (κ1) is 14.6. The van der Waals surface area contributed by atoms with Crippen LogP contribution in [0.1, 0.15) is 26.7 Å². The molecule has 0 radical (unpaired) electrons. The van der Waals surface area contributed by atoms with Gasteiger partial charge in [-0.1, -0.05) is 0 Å². The monoisotopic (exact) mass is 259 g/mol. The van der Waals surface area contributed by atoms with Gasteiger partial charge < -0.3 is 15.8 Å². The van der Waals surface area contributed by atoms with E-state index in [-0.39, 0.29) is 17.7 Å². The van der Waals surface area contributed by atoms with E-state index in [0.717, 1.165) is 18.9 Å². The van der Waals surface area contributed by atoms with E-state index in [1.54, 1.807) is 0 Å². The van der Waals surface area contributed by atoms with E-state index in [1.165, 1.54) is 0 Å². The van der Waals surface area contributed by atoms with Crippen molar-refractivity contribution in [1.29, 1.82) is 0 Å². The Morgan fingerprint density at radius 3 is 2.72 bits per heavy atom. The number of hydrogen-bond donors (Lipinski definition) is 2. The van der Waals surface area contributed by atoms with Gasteiger partial charge in [0.25, 0.3) is 0 Å². The Morgan fingerprint density at radius 2 is 2.06 bits per heavy atom. The van der Waals surface area contributed by atoms with Gasteiger partial charge in [0.15, 0.2) is 23.3 Å². The first-order chi connectivity index (χ1) is 8.50. The van der Waals surface area contributed by atoms with Crippen LogP contribution in [-0.2, 0) is 4.74 Å². The van der Waals surface area contributed by atoms with Gasteiger partial charge in [0.2, 0.25) is 0 Å². The molecule has 0 amide bonds. The van der Waals surface area contributed by atoms with Crippen LogP contribution < -0.4 is 11.1 Å². The molecule has 0 fully saturated rings. The van der Waals surface area contributed by atoms with Crippen molar-refractivity contribution in [3.05, 3.63) is 17.7 Å². The van der Waals surface area contributed by atoms with Crippen molar-refractivity contribution in [2.45, 2.75) is 32.8 Å². The summed E-state index contributed by atoms with van der Waals surface area (Å²) in [5.74, 6) is -1.90. The van der Waals surface area contributed by atoms with Crippen LogP contribution in [0.5, 0.6) is 0 Å². The number of pyridine rings is 1. The number of nitrogens with one attached hydrogen (secondary N) is 1. The lowest BCUT2D eigenvalue weighted by molar-refractivity contribution is 0.0765. The molecule has 1 aromatic rings. The molecule has 6 heteroatoms. The van der Waals surface area contributed by atoms with Gasteiger partial charge in [-0.3, -0.25) is 0 Å². The average Bonchev–Trinajstić information content (AvgIpc) is 2.29. The van der Waals surface area contributed by atoms with Gasteiger partial charge in [0.05, 0.1) is 6.10 Å². The average molecular weight is 259 g/mol. The van der Waals surface area contributed by atoms with E-state index in [1.807, 2.05) is 13.8 Å². The fourth-order valence-electron chi connectivity index (χ4n) is 1.36. The molecule has 0 saturated carbocycles. The van der Waals surface area contributed by atoms with Crippen LogP contribution in [0, 0.1) is 11.6 Å². The largest absolute Gasteiger partial charge is 0.381 e. The summed E-state index contributed by atoms with van der Waals surface area (Å²) in [6.07, 6.45) is 1.89. The van der Waals surface area contributed by atoms with Crippen molar-refractivity contribution in [1.82, 2.24) is 4.98 Å². The number of unbranched alkanes of at least 4 members (excludes halogenated alkanes) is 1. The molecule has 102 valence electrons. The standard InChI is InChI=1S/C12H19F2N3O/c1-8(2)18-6-4-3-5-16-12-10(14)7-9(13)11(15)17-12/h7-8H,3-6H2,1-2H3,(H3,15,16,17). The van der Waals surface area contributed by atoms with Crippen molar-refractivity contribution in [2.75, 3.05) is 24.2 Å². The van der Waals surface area contributed by atoms with Crippen LogP contribution in [0.25, 0.3) is 0 Å². The lowest BCUT2D eigenvalue weighted by Gasteiger charge is -2.09. The lowest BCUT2D eigenvalue weighted by atomic mass is 10.3. The minimum atomic E-state index is -0.844. The minimum Gasteiger partial charge on any atom is -0.381 e. The fraction of sp³-hybridized carbons (Fsp3) is 0.583. The molecule has 1 heterocycles. The van der Waals surface area contributed by atoms with Crippen LogP contribution in [0.15, 0.2) is 6.07 Å². The number of ether oxygens (including phenoxy) is 1. The SMILES string of the molecule is CC(C)OCCCCNc1nc(N)c(F)cc1F. The Balaban J connectivity index is 2.29. The molecule has 0 unspecified atom stereocenters. The van der Waals surface area contributed by atoms with Gasteiger partial charge in [0.1, 0.15) is 0 Å². The van der Waals surface area contributed by atoms with Gasteiger partial charge in [0, 0.05) is 19.2 Å². The summed E-state index contributed by atoms with van der Waals surface area (Å²) in [6, 6.07) is 0.729. The number of anilines is 2. The second-order valence-corrected chi connectivity index (χ2v) is 4.24. The molecule has 4 nitrogen and oxygen atoms in total. The van der Waals surface area contributed by atoms with Crippen molar-refractivity contribution >= 4 is 11.6 Å². The number of aromatic nitrogens is 1. The van der Waals surface area contributed by atoms with E-state index in [4.69, 9.17) is 10.5 Å². The van der Waals surface area contributed by atoms with Crippen LogP contribution in [0.3, 0.4) is 0 Å². The Bertz CT molecular complexity index is 386.